The summed E-state index contributed by atoms with van der Waals surface area (Å²) in [5.41, 5.74) is 7.70. The molecule has 4 aliphatic rings. The van der Waals surface area contributed by atoms with Crippen LogP contribution in [0.4, 0.5) is 17.3 Å². The van der Waals surface area contributed by atoms with E-state index in [0.29, 0.717) is 48.5 Å². The molecule has 11 N–H and O–H groups in total. The molecule has 8 atom stereocenters. The number of likely N-dealkylation sites (N-methyl/N-ethyl adjacent to an activating group) is 1. The maximum Gasteiger partial charge on any atom is 0.488 e. The normalized spacial score (nSPS) is 23.9. The number of carbonyl (C=O) groups excluding carboxylic acids is 3. The molecule has 0 spiro atoms. The van der Waals surface area contributed by atoms with Crippen LogP contribution in [0, 0.1) is 0 Å². The highest BCUT2D eigenvalue weighted by Gasteiger charge is 2.50. The van der Waals surface area contributed by atoms with E-state index in [1.54, 1.807) is 12.1 Å². The topological polar surface area (TPSA) is 460 Å². The zero-order valence-corrected chi connectivity index (χ0v) is 51.6. The second-order valence-corrected chi connectivity index (χ2v) is 31.2. The molecule has 4 aromatic rings. The second-order valence-electron chi connectivity index (χ2n) is 21.2. The Hall–Kier alpha value is -5.61. The highest BCUT2D eigenvalue weighted by molar-refractivity contribution is 8.55. The molecule has 31 nitrogen and oxygen atoms in total. The first kappa shape index (κ1) is 66.3. The number of H-pyrrole nitrogens is 1. The van der Waals surface area contributed by atoms with Crippen molar-refractivity contribution >= 4 is 106 Å². The van der Waals surface area contributed by atoms with Gasteiger partial charge in [0.05, 0.1) is 28.1 Å². The molecule has 2 aromatic carbocycles. The fourth-order valence-corrected chi connectivity index (χ4v) is 18.0. The summed E-state index contributed by atoms with van der Waals surface area (Å²) in [5, 5.41) is 22.1. The molecule has 3 amide bonds. The van der Waals surface area contributed by atoms with Crippen LogP contribution < -0.4 is 21.5 Å². The van der Waals surface area contributed by atoms with Gasteiger partial charge in [0.25, 0.3) is 25.8 Å². The lowest BCUT2D eigenvalue weighted by atomic mass is 9.81. The third-order valence-corrected chi connectivity index (χ3v) is 23.2. The van der Waals surface area contributed by atoms with Gasteiger partial charge in [-0.25, -0.2) is 18.7 Å². The highest BCUT2D eigenvalue weighted by Crippen LogP contribution is 2.72. The van der Waals surface area contributed by atoms with Crippen LogP contribution >= 0.6 is 33.8 Å². The highest BCUT2D eigenvalue weighted by atomic mass is 32.7. The van der Waals surface area contributed by atoms with Crippen molar-refractivity contribution in [2.45, 2.75) is 117 Å². The summed E-state index contributed by atoms with van der Waals surface area (Å²) >= 11 is -0.240. The maximum absolute atomic E-state index is 13.2. The van der Waals surface area contributed by atoms with Crippen molar-refractivity contribution in [3.05, 3.63) is 100 Å². The third-order valence-electron chi connectivity index (χ3n) is 14.7. The quantitative estimate of drug-likeness (QED) is 0.0113. The van der Waals surface area contributed by atoms with Gasteiger partial charge in [-0.2, -0.15) is 35.0 Å². The van der Waals surface area contributed by atoms with Crippen LogP contribution in [0.3, 0.4) is 0 Å². The summed E-state index contributed by atoms with van der Waals surface area (Å²) in [5.74, 6) is -2.60. The lowest BCUT2D eigenvalue weighted by Gasteiger charge is -2.25. The van der Waals surface area contributed by atoms with Gasteiger partial charge in [0.2, 0.25) is 29.4 Å². The lowest BCUT2D eigenvalue weighted by Crippen LogP contribution is -2.38. The van der Waals surface area contributed by atoms with Crippen LogP contribution in [-0.2, 0) is 77.0 Å². The molecule has 468 valence electrons. The zero-order chi connectivity index (χ0) is 63.3. The molecule has 8 rings (SSSR count). The Labute approximate surface area is 495 Å². The molecule has 6 heterocycles. The van der Waals surface area contributed by atoms with Gasteiger partial charge in [-0.15, -0.1) is 0 Å². The number of aliphatic hydroxyl groups excluding tert-OH is 2. The molecule has 86 heavy (non-hydrogen) atoms. The molecular formula is C49H63N9O22P3S3+. The molecule has 2 saturated heterocycles. The number of imide groups is 1. The number of carbonyl (C=O) groups is 3. The predicted molar refractivity (Wildman–Crippen MR) is 308 cm³/mol. The molecule has 0 saturated carbocycles. The van der Waals surface area contributed by atoms with Crippen molar-refractivity contribution in [3.63, 3.8) is 0 Å². The number of likely N-dealkylation sites (tertiary alicyclic amines) is 1. The van der Waals surface area contributed by atoms with E-state index in [1.165, 1.54) is 24.3 Å². The van der Waals surface area contributed by atoms with Gasteiger partial charge in [0, 0.05) is 73.4 Å². The molecule has 0 aliphatic carbocycles. The number of allylic oxidation sites excluding steroid dienone is 6. The summed E-state index contributed by atoms with van der Waals surface area (Å²) < 4.78 is 128. The van der Waals surface area contributed by atoms with Gasteiger partial charge in [0.1, 0.15) is 30.1 Å². The summed E-state index contributed by atoms with van der Waals surface area (Å²) in [7, 11) is -20.7. The molecular weight excluding hydrogens is 1260 g/mol. The van der Waals surface area contributed by atoms with Gasteiger partial charge in [-0.1, -0.05) is 32.1 Å². The Kier molecular flexibility index (Phi) is 19.4. The van der Waals surface area contributed by atoms with Crippen LogP contribution in [-0.4, -0.2) is 160 Å². The predicted octanol–water partition coefficient (Wildman–Crippen LogP) is 3.59. The number of hydrogen-bond acceptors (Lipinski definition) is 22. The Morgan fingerprint density at radius 1 is 0.907 bits per heavy atom. The van der Waals surface area contributed by atoms with Crippen LogP contribution in [0.1, 0.15) is 84.1 Å². The van der Waals surface area contributed by atoms with Crippen molar-refractivity contribution in [2.75, 3.05) is 43.4 Å². The minimum Gasteiger partial charge on any atom is -0.387 e. The number of rotatable bonds is 25. The smallest absolute Gasteiger partial charge is 0.387 e. The number of ether oxygens (including phenoxy) is 1. The van der Waals surface area contributed by atoms with E-state index in [9.17, 15) is 83.7 Å². The number of nitrogen functional groups attached to an aromatic ring is 1. The van der Waals surface area contributed by atoms with Gasteiger partial charge >= 0.3 is 22.4 Å². The number of unbranched alkanes of at least 4 members (excludes halogenated alkanes) is 2. The van der Waals surface area contributed by atoms with Gasteiger partial charge in [-0.05, 0) is 87.0 Å². The Morgan fingerprint density at radius 3 is 2.26 bits per heavy atom. The Morgan fingerprint density at radius 2 is 1.58 bits per heavy atom. The largest absolute Gasteiger partial charge is 0.488 e. The van der Waals surface area contributed by atoms with Crippen molar-refractivity contribution in [2.24, 2.45) is 0 Å². The fraction of sp³-hybridized carbons (Fsp3) is 0.449. The number of nitrogens with one attached hydrogen (secondary N) is 2. The maximum atomic E-state index is 13.2. The summed E-state index contributed by atoms with van der Waals surface area (Å²) in [6.07, 6.45) is 4.41. The molecule has 2 fully saturated rings. The monoisotopic (exact) mass is 1320 g/mol. The van der Waals surface area contributed by atoms with E-state index in [4.69, 9.17) is 10.5 Å². The lowest BCUT2D eigenvalue weighted by molar-refractivity contribution is -0.438. The Bertz CT molecular complexity index is 3960. The van der Waals surface area contributed by atoms with Crippen LogP contribution in [0.5, 0.6) is 0 Å². The summed E-state index contributed by atoms with van der Waals surface area (Å²) in [6.45, 7) is 3.56. The number of phosphoric acid groups is 2. The number of aliphatic hydroxyl groups is 2. The van der Waals surface area contributed by atoms with Gasteiger partial charge in [0.15, 0.2) is 23.1 Å². The first-order valence-electron chi connectivity index (χ1n) is 26.3. The number of phosphoric ester groups is 1. The summed E-state index contributed by atoms with van der Waals surface area (Å²) in [6, 6.07) is 8.88. The van der Waals surface area contributed by atoms with Crippen molar-refractivity contribution in [3.8, 4) is 0 Å². The number of benzene rings is 2. The first-order chi connectivity index (χ1) is 40.0. The minimum atomic E-state index is -6.02. The molecule has 0 bridgehead atoms. The van der Waals surface area contributed by atoms with Crippen molar-refractivity contribution < 1.29 is 101 Å². The number of nitrogens with zero attached hydrogens (tertiary/aromatic N) is 6. The van der Waals surface area contributed by atoms with Crippen LogP contribution in [0.2, 0.25) is 0 Å². The summed E-state index contributed by atoms with van der Waals surface area (Å²) in [4.78, 5) is 94.2. The fourth-order valence-electron chi connectivity index (χ4n) is 10.5. The molecule has 4 aliphatic heterocycles. The van der Waals surface area contributed by atoms with Gasteiger partial charge in [-0.3, -0.25) is 47.3 Å². The van der Waals surface area contributed by atoms with E-state index in [2.05, 4.69) is 38.3 Å². The molecule has 2 aromatic heterocycles. The van der Waals surface area contributed by atoms with E-state index in [0.717, 1.165) is 33.6 Å². The number of nitrogens with two attached hydrogens (primary N) is 1. The number of amides is 3. The number of aromatic amines is 1. The average Bonchev–Trinajstić information content (AvgIpc) is 1.62. The number of hydrogen-bond donors (Lipinski definition) is 10. The number of fused-ring (bicyclic) bond motifs is 3. The van der Waals surface area contributed by atoms with E-state index in [1.807, 2.05) is 69.6 Å². The number of imidazole rings is 1. The van der Waals surface area contributed by atoms with Gasteiger partial charge < -0.3 is 45.6 Å². The van der Waals surface area contributed by atoms with E-state index >= 15 is 0 Å². The third kappa shape index (κ3) is 14.4. The minimum absolute atomic E-state index is 0.0399. The second kappa shape index (κ2) is 25.1. The number of aromatic nitrogens is 4. The van der Waals surface area contributed by atoms with Crippen LogP contribution in [0.25, 0.3) is 11.2 Å². The molecule has 37 heteroatoms. The van der Waals surface area contributed by atoms with Crippen molar-refractivity contribution in [1.29, 1.82) is 0 Å². The van der Waals surface area contributed by atoms with Crippen molar-refractivity contribution in [1.82, 2.24) is 29.7 Å². The SMILES string of the molecule is CCN1/C(=C/C=C/C=C/C2=[N+](CCCCCC(=O)NCCN3C(=O)CC(SP(=O)(O)OP(=O)(O)OP(=O)(O)OC[C@H]4O[C@@H](n5cnc6c(=O)[nH]c(N)nc65)[C@H](O)[C@@H]4O)C3=O)c3ccc(S(=O)(=O)O)cc3C2(C)C)C(C)(C)c2cc(S(=O)(=O)O)ccc21. The molecule has 0 radical (unpaired) electrons. The molecule has 4 unspecified atom stereocenters. The first-order valence-corrected chi connectivity index (χ1v) is 35.2. The number of anilines is 2. The Balaban J connectivity index is 0.802. The zero-order valence-electron chi connectivity index (χ0n) is 46.5. The van der Waals surface area contributed by atoms with E-state index in [-0.39, 0.29) is 57.8 Å². The average molecular weight is 1320 g/mol. The standard InChI is InChI=1S/C49H62N9O22P3S3/c1-6-55-32-18-16-28(85(71,72)73)23-30(32)48(2,3)36(55)13-9-7-10-14-37-49(4,5)31-24-29(86(74,75)76)17-19-33(31)56(37)21-12-8-11-15-38(59)51-20-22-57-39(60)25-35(45(57)64)84-83(69,70)80-82(67,68)79-81(65,66)77-26-34-41(61)42(62)46(78-34)58-27-52-40-43(58)53-47(50)54-44(40)63/h7,9-10,13-14,16-19,23-24,27,34-35,41-42,46,61-62H,6,8,11-12,15,20-22,25-26H2,1-5H3,(H8-,50,51,53,54,59,63,65,66,67,68,69,70,71,72,73,74,75,76)/p+1/t34-,35?,41-,42-,46-/m1/s1. The van der Waals surface area contributed by atoms with E-state index < -0.39 is 120 Å². The van der Waals surface area contributed by atoms with Crippen LogP contribution in [0.15, 0.2) is 93.4 Å².